The maximum absolute atomic E-state index is 4.71. The van der Waals surface area contributed by atoms with E-state index in [4.69, 9.17) is 4.98 Å². The van der Waals surface area contributed by atoms with Crippen LogP contribution >= 0.6 is 11.3 Å². The smallest absolute Gasteiger partial charge is 0.0798 e. The van der Waals surface area contributed by atoms with Gasteiger partial charge < -0.3 is 9.97 Å². The summed E-state index contributed by atoms with van der Waals surface area (Å²) in [5, 5.41) is 4.06. The molecule has 239 valence electrons. The summed E-state index contributed by atoms with van der Waals surface area (Å²) >= 11 is 1.83. The van der Waals surface area contributed by atoms with Crippen LogP contribution in [0.3, 0.4) is 0 Å². The van der Waals surface area contributed by atoms with Crippen molar-refractivity contribution >= 4 is 44.8 Å². The summed E-state index contributed by atoms with van der Waals surface area (Å²) in [7, 11) is -1.37. The number of pyridine rings is 2. The molecule has 0 aliphatic rings. The molecule has 0 spiro atoms. The number of nitrogens with zero attached hydrogens (tertiary/aromatic N) is 2. The fourth-order valence-electron chi connectivity index (χ4n) is 5.90. The standard InChI is InChI=1S/C23H14NS.C19H26NSi.Ir/c1-2-8-16(9-3-1)17-10-6-11-18-19-12-7-13-20(23(19)25-22(17)18)21-14-4-5-15-24-21;1-19(2,3)13-16-12-17(15-10-8-7-9-11-15)20-14-18(16)21(4,5)6;/h1-12,14-15H;7-10,12,14H,13H2,1-6H3;/q2*-1;. The Hall–Kier alpha value is -3.73. The number of fused-ring (bicyclic) bond motifs is 3. The van der Waals surface area contributed by atoms with Gasteiger partial charge in [-0.25, -0.2) is 0 Å². The van der Waals surface area contributed by atoms with Crippen molar-refractivity contribution in [3.8, 4) is 33.6 Å². The van der Waals surface area contributed by atoms with Crippen LogP contribution in [-0.2, 0) is 26.5 Å². The maximum atomic E-state index is 4.71. The van der Waals surface area contributed by atoms with E-state index in [9.17, 15) is 0 Å². The Balaban J connectivity index is 0.000000184. The number of rotatable bonds is 5. The fourth-order valence-corrected chi connectivity index (χ4v) is 8.82. The molecule has 0 unspecified atom stereocenters. The van der Waals surface area contributed by atoms with Crippen molar-refractivity contribution in [3.05, 3.63) is 139 Å². The Morgan fingerprint density at radius 3 is 2.13 bits per heavy atom. The zero-order valence-electron chi connectivity index (χ0n) is 27.9. The SMILES string of the molecule is CC(C)(C)Cc1cc(-c2[c-]cccc2)ncc1[Si](C)(C)C.[Ir].[c-]1ccc2c(sc3c(-c4ccccc4)cccc32)c1-c1ccccn1. The van der Waals surface area contributed by atoms with Crippen molar-refractivity contribution in [1.29, 1.82) is 0 Å². The monoisotopic (exact) mass is 825 g/mol. The molecule has 0 aliphatic heterocycles. The van der Waals surface area contributed by atoms with Gasteiger partial charge in [0.05, 0.1) is 8.07 Å². The van der Waals surface area contributed by atoms with E-state index in [1.807, 2.05) is 60.0 Å². The molecule has 0 amide bonds. The Bertz CT molecular complexity index is 1980. The molecule has 0 atom stereocenters. The summed E-state index contributed by atoms with van der Waals surface area (Å²) in [6.07, 6.45) is 5.04. The third-order valence-electron chi connectivity index (χ3n) is 7.97. The number of aromatic nitrogens is 2. The van der Waals surface area contributed by atoms with E-state index in [-0.39, 0.29) is 25.5 Å². The van der Waals surface area contributed by atoms with E-state index in [1.165, 1.54) is 42.0 Å². The van der Waals surface area contributed by atoms with Crippen LogP contribution in [0.15, 0.2) is 122 Å². The predicted molar refractivity (Wildman–Crippen MR) is 201 cm³/mol. The normalized spacial score (nSPS) is 11.5. The van der Waals surface area contributed by atoms with Crippen molar-refractivity contribution in [2.75, 3.05) is 0 Å². The van der Waals surface area contributed by atoms with Crippen molar-refractivity contribution < 1.29 is 20.1 Å². The average Bonchev–Trinajstić information content (AvgIpc) is 3.44. The Morgan fingerprint density at radius 2 is 1.45 bits per heavy atom. The minimum atomic E-state index is -1.37. The molecule has 47 heavy (non-hydrogen) atoms. The molecule has 7 aromatic rings. The number of hydrogen-bond acceptors (Lipinski definition) is 3. The summed E-state index contributed by atoms with van der Waals surface area (Å²) in [6, 6.07) is 44.4. The third-order valence-corrected chi connectivity index (χ3v) is 11.3. The van der Waals surface area contributed by atoms with Gasteiger partial charge in [-0.3, -0.25) is 0 Å². The summed E-state index contributed by atoms with van der Waals surface area (Å²) in [6.45, 7) is 14.1. The summed E-state index contributed by atoms with van der Waals surface area (Å²) in [4.78, 5) is 9.23. The Labute approximate surface area is 298 Å². The predicted octanol–water partition coefficient (Wildman–Crippen LogP) is 11.3. The number of hydrogen-bond donors (Lipinski definition) is 0. The van der Waals surface area contributed by atoms with E-state index in [2.05, 4.69) is 130 Å². The van der Waals surface area contributed by atoms with Crippen LogP contribution in [0.2, 0.25) is 19.6 Å². The first-order valence-electron chi connectivity index (χ1n) is 15.9. The molecule has 1 radical (unpaired) electrons. The number of benzene rings is 4. The van der Waals surface area contributed by atoms with Crippen molar-refractivity contribution in [3.63, 3.8) is 0 Å². The van der Waals surface area contributed by atoms with E-state index >= 15 is 0 Å². The summed E-state index contributed by atoms with van der Waals surface area (Å²) in [5.41, 5.74) is 8.46. The molecule has 0 fully saturated rings. The second-order valence-corrected chi connectivity index (χ2v) is 20.0. The molecule has 4 aromatic carbocycles. The van der Waals surface area contributed by atoms with Gasteiger partial charge in [0.15, 0.2) is 0 Å². The molecule has 3 aromatic heterocycles. The molecule has 3 heterocycles. The molecule has 7 rings (SSSR count). The minimum absolute atomic E-state index is 0. The van der Waals surface area contributed by atoms with Gasteiger partial charge in [-0.1, -0.05) is 118 Å². The van der Waals surface area contributed by atoms with E-state index in [1.54, 1.807) is 0 Å². The van der Waals surface area contributed by atoms with Gasteiger partial charge in [0, 0.05) is 37.2 Å². The van der Waals surface area contributed by atoms with Crippen molar-refractivity contribution in [1.82, 2.24) is 9.97 Å². The molecule has 2 nitrogen and oxygen atoms in total. The molecule has 0 N–H and O–H groups in total. The summed E-state index contributed by atoms with van der Waals surface area (Å²) < 4.78 is 2.57. The summed E-state index contributed by atoms with van der Waals surface area (Å²) in [5.74, 6) is 0. The third kappa shape index (κ3) is 8.05. The molecule has 5 heteroatoms. The fraction of sp³-hybridized carbons (Fsp3) is 0.190. The maximum Gasteiger partial charge on any atom is 0.0798 e. The largest absolute Gasteiger partial charge is 0.305 e. The van der Waals surface area contributed by atoms with E-state index in [0.717, 1.165) is 28.9 Å². The van der Waals surface area contributed by atoms with Crippen LogP contribution in [0.5, 0.6) is 0 Å². The van der Waals surface area contributed by atoms with Crippen molar-refractivity contribution in [2.24, 2.45) is 5.41 Å². The first-order valence-corrected chi connectivity index (χ1v) is 20.2. The van der Waals surface area contributed by atoms with Gasteiger partial charge in [0.2, 0.25) is 0 Å². The van der Waals surface area contributed by atoms with Gasteiger partial charge >= 0.3 is 0 Å². The molecule has 0 aliphatic carbocycles. The molecular weight excluding hydrogens is 785 g/mol. The second-order valence-electron chi connectivity index (χ2n) is 14.0. The topological polar surface area (TPSA) is 25.8 Å². The Morgan fingerprint density at radius 1 is 0.702 bits per heavy atom. The van der Waals surface area contributed by atoms with Gasteiger partial charge in [-0.05, 0) is 55.7 Å². The quantitative estimate of drug-likeness (QED) is 0.128. The molecule has 0 bridgehead atoms. The molecule has 0 saturated carbocycles. The van der Waals surface area contributed by atoms with Crippen LogP contribution in [0.25, 0.3) is 53.8 Å². The Kier molecular flexibility index (Phi) is 10.7. The van der Waals surface area contributed by atoms with Gasteiger partial charge in [-0.15, -0.1) is 59.7 Å². The first-order chi connectivity index (χ1) is 22.1. The molecule has 0 saturated heterocycles. The number of thiophene rings is 1. The van der Waals surface area contributed by atoms with Gasteiger partial charge in [0.25, 0.3) is 0 Å². The zero-order chi connectivity index (χ0) is 32.3. The minimum Gasteiger partial charge on any atom is -0.305 e. The van der Waals surface area contributed by atoms with Crippen LogP contribution < -0.4 is 5.19 Å². The van der Waals surface area contributed by atoms with E-state index < -0.39 is 8.07 Å². The van der Waals surface area contributed by atoms with Crippen LogP contribution in [0, 0.1) is 17.5 Å². The van der Waals surface area contributed by atoms with Gasteiger partial charge in [0.1, 0.15) is 0 Å². The van der Waals surface area contributed by atoms with Crippen LogP contribution in [0.1, 0.15) is 26.3 Å². The van der Waals surface area contributed by atoms with E-state index in [0.29, 0.717) is 0 Å². The van der Waals surface area contributed by atoms with Crippen LogP contribution in [0.4, 0.5) is 0 Å². The average molecular weight is 825 g/mol. The zero-order valence-corrected chi connectivity index (χ0v) is 32.1. The first kappa shape index (κ1) is 34.6. The van der Waals surface area contributed by atoms with Gasteiger partial charge in [-0.2, -0.15) is 11.3 Å². The van der Waals surface area contributed by atoms with Crippen molar-refractivity contribution in [2.45, 2.75) is 46.8 Å². The molecular formula is C42H40IrN2SSi-2. The van der Waals surface area contributed by atoms with Crippen LogP contribution in [-0.4, -0.2) is 18.0 Å². The second kappa shape index (κ2) is 14.6.